The van der Waals surface area contributed by atoms with E-state index in [1.807, 2.05) is 0 Å². The molecule has 1 rings (SSSR count). The van der Waals surface area contributed by atoms with Crippen LogP contribution in [0, 0.1) is 6.57 Å². The number of sulfone groups is 1. The Balaban J connectivity index is 3.11. The first-order valence-corrected chi connectivity index (χ1v) is 5.41. The second-order valence-electron chi connectivity index (χ2n) is 2.36. The van der Waals surface area contributed by atoms with Crippen LogP contribution in [0.2, 0.25) is 5.02 Å². The van der Waals surface area contributed by atoms with Crippen LogP contribution in [0.4, 0.5) is 0 Å². The molecule has 1 aromatic rings. The van der Waals surface area contributed by atoms with Gasteiger partial charge in [-0.2, -0.15) is 0 Å². The van der Waals surface area contributed by atoms with Crippen LogP contribution in [0.5, 0.6) is 0 Å². The highest BCUT2D eigenvalue weighted by molar-refractivity contribution is 7.91. The van der Waals surface area contributed by atoms with Gasteiger partial charge in [0.05, 0.1) is 4.90 Å². The molecule has 0 aromatic heterocycles. The molecule has 0 aliphatic heterocycles. The summed E-state index contributed by atoms with van der Waals surface area (Å²) < 4.78 is 22.6. The van der Waals surface area contributed by atoms with E-state index in [1.54, 1.807) is 0 Å². The second-order valence-corrected chi connectivity index (χ2v) is 4.75. The number of hydrogen-bond acceptors (Lipinski definition) is 2. The molecule has 0 amide bonds. The minimum Gasteiger partial charge on any atom is -0.299 e. The molecule has 0 atom stereocenters. The molecule has 0 saturated carbocycles. The average Bonchev–Trinajstić information content (AvgIpc) is 2.05. The summed E-state index contributed by atoms with van der Waals surface area (Å²) >= 11 is 5.58. The highest BCUT2D eigenvalue weighted by Crippen LogP contribution is 2.15. The van der Waals surface area contributed by atoms with Crippen molar-refractivity contribution in [2.24, 2.45) is 0 Å². The number of rotatable bonds is 2. The summed E-state index contributed by atoms with van der Waals surface area (Å²) in [7, 11) is -3.44. The van der Waals surface area contributed by atoms with Crippen molar-refractivity contribution < 1.29 is 8.42 Å². The normalized spacial score (nSPS) is 10.8. The van der Waals surface area contributed by atoms with E-state index in [9.17, 15) is 8.42 Å². The molecule has 0 aliphatic rings. The van der Waals surface area contributed by atoms with Gasteiger partial charge in [0.15, 0.2) is 0 Å². The fourth-order valence-electron chi connectivity index (χ4n) is 0.801. The lowest BCUT2D eigenvalue weighted by Crippen LogP contribution is -2.02. The van der Waals surface area contributed by atoms with E-state index < -0.39 is 15.7 Å². The fourth-order valence-corrected chi connectivity index (χ4v) is 1.80. The standard InChI is InChI=1S/C8H6ClNO2S/c1-10-6-13(11,12)8-4-2-7(9)3-5-8/h2-5H,6H2. The molecule has 0 spiro atoms. The Morgan fingerprint density at radius 3 is 2.31 bits per heavy atom. The molecule has 0 unspecified atom stereocenters. The Bertz CT molecular complexity index is 430. The van der Waals surface area contributed by atoms with Crippen LogP contribution in [0.15, 0.2) is 29.2 Å². The molecule has 5 heteroatoms. The van der Waals surface area contributed by atoms with Gasteiger partial charge >= 0.3 is 5.88 Å². The molecular weight excluding hydrogens is 210 g/mol. The summed E-state index contributed by atoms with van der Waals surface area (Å²) in [6, 6.07) is 5.75. The van der Waals surface area contributed by atoms with Crippen molar-refractivity contribution in [1.82, 2.24) is 0 Å². The van der Waals surface area contributed by atoms with Gasteiger partial charge in [-0.05, 0) is 24.3 Å². The SMILES string of the molecule is [C-]#[N+]CS(=O)(=O)c1ccc(Cl)cc1. The van der Waals surface area contributed by atoms with Crippen molar-refractivity contribution in [2.45, 2.75) is 4.90 Å². The largest absolute Gasteiger partial charge is 0.316 e. The minimum absolute atomic E-state index is 0.132. The van der Waals surface area contributed by atoms with Gasteiger partial charge in [-0.3, -0.25) is 4.85 Å². The summed E-state index contributed by atoms with van der Waals surface area (Å²) in [5, 5.41) is 0.474. The third-order valence-electron chi connectivity index (χ3n) is 1.41. The summed E-state index contributed by atoms with van der Waals surface area (Å²) in [5.74, 6) is -0.519. The molecule has 0 heterocycles. The van der Waals surface area contributed by atoms with Gasteiger partial charge in [0.1, 0.15) is 0 Å². The van der Waals surface area contributed by atoms with E-state index in [0.717, 1.165) is 0 Å². The maximum Gasteiger partial charge on any atom is 0.316 e. The molecule has 0 bridgehead atoms. The molecule has 0 N–H and O–H groups in total. The molecule has 68 valence electrons. The van der Waals surface area contributed by atoms with Gasteiger partial charge in [-0.15, -0.1) is 0 Å². The van der Waals surface area contributed by atoms with Crippen molar-refractivity contribution in [3.63, 3.8) is 0 Å². The van der Waals surface area contributed by atoms with Crippen molar-refractivity contribution >= 4 is 21.4 Å². The first-order valence-electron chi connectivity index (χ1n) is 3.38. The van der Waals surface area contributed by atoms with Crippen molar-refractivity contribution in [2.75, 3.05) is 5.88 Å². The van der Waals surface area contributed by atoms with Crippen molar-refractivity contribution in [3.05, 3.63) is 40.7 Å². The maximum absolute atomic E-state index is 11.3. The molecule has 0 aliphatic carbocycles. The lowest BCUT2D eigenvalue weighted by molar-refractivity contribution is 0.599. The van der Waals surface area contributed by atoms with E-state index >= 15 is 0 Å². The summed E-state index contributed by atoms with van der Waals surface area (Å²) in [6.07, 6.45) is 0. The first-order chi connectivity index (χ1) is 6.06. The highest BCUT2D eigenvalue weighted by Gasteiger charge is 2.16. The van der Waals surface area contributed by atoms with Gasteiger partial charge < -0.3 is 0 Å². The molecule has 1 aromatic carbocycles. The van der Waals surface area contributed by atoms with E-state index in [2.05, 4.69) is 4.85 Å². The minimum atomic E-state index is -3.44. The Morgan fingerprint density at radius 1 is 1.31 bits per heavy atom. The van der Waals surface area contributed by atoms with Crippen molar-refractivity contribution in [1.29, 1.82) is 0 Å². The highest BCUT2D eigenvalue weighted by atomic mass is 35.5. The number of halogens is 1. The lowest BCUT2D eigenvalue weighted by Gasteiger charge is -1.96. The second kappa shape index (κ2) is 3.77. The quantitative estimate of drug-likeness (QED) is 0.708. The summed E-state index contributed by atoms with van der Waals surface area (Å²) in [6.45, 7) is 6.47. The van der Waals surface area contributed by atoms with Crippen LogP contribution < -0.4 is 0 Å². The molecule has 0 saturated heterocycles. The smallest absolute Gasteiger partial charge is 0.299 e. The zero-order chi connectivity index (χ0) is 9.90. The Kier molecular flexibility index (Phi) is 2.91. The van der Waals surface area contributed by atoms with Crippen LogP contribution in [0.25, 0.3) is 4.85 Å². The first kappa shape index (κ1) is 10.0. The number of benzene rings is 1. The molecule has 3 nitrogen and oxygen atoms in total. The zero-order valence-electron chi connectivity index (χ0n) is 6.57. The van der Waals surface area contributed by atoms with Gasteiger partial charge in [-0.1, -0.05) is 11.6 Å². The third kappa shape index (κ3) is 2.44. The van der Waals surface area contributed by atoms with Crippen LogP contribution >= 0.6 is 11.6 Å². The van der Waals surface area contributed by atoms with E-state index in [1.165, 1.54) is 24.3 Å². The van der Waals surface area contributed by atoms with Gasteiger partial charge in [0, 0.05) is 5.02 Å². The van der Waals surface area contributed by atoms with Crippen LogP contribution in [-0.4, -0.2) is 14.3 Å². The monoisotopic (exact) mass is 215 g/mol. The third-order valence-corrected chi connectivity index (χ3v) is 3.12. The maximum atomic E-state index is 11.3. The topological polar surface area (TPSA) is 38.5 Å². The van der Waals surface area contributed by atoms with E-state index in [0.29, 0.717) is 5.02 Å². The van der Waals surface area contributed by atoms with Crippen molar-refractivity contribution in [3.8, 4) is 0 Å². The zero-order valence-corrected chi connectivity index (χ0v) is 8.14. The number of hydrogen-bond donors (Lipinski definition) is 0. The summed E-state index contributed by atoms with van der Waals surface area (Å²) in [5.41, 5.74) is 0. The van der Waals surface area contributed by atoms with Crippen LogP contribution in [0.1, 0.15) is 0 Å². The van der Waals surface area contributed by atoms with E-state index in [-0.39, 0.29) is 4.90 Å². The summed E-state index contributed by atoms with van der Waals surface area (Å²) in [4.78, 5) is 2.97. The number of nitrogens with zero attached hydrogens (tertiary/aromatic N) is 1. The van der Waals surface area contributed by atoms with Gasteiger partial charge in [0.25, 0.3) is 9.84 Å². The predicted molar refractivity (Wildman–Crippen MR) is 50.1 cm³/mol. The van der Waals surface area contributed by atoms with Gasteiger partial charge in [0.2, 0.25) is 0 Å². The molecular formula is C8H6ClNO2S. The lowest BCUT2D eigenvalue weighted by atomic mass is 10.4. The fraction of sp³-hybridized carbons (Fsp3) is 0.125. The van der Waals surface area contributed by atoms with Crippen LogP contribution in [0.3, 0.4) is 0 Å². The Hall–Kier alpha value is -1.05. The predicted octanol–water partition coefficient (Wildman–Crippen LogP) is 1.99. The Morgan fingerprint density at radius 2 is 1.85 bits per heavy atom. The van der Waals surface area contributed by atoms with Crippen LogP contribution in [-0.2, 0) is 9.84 Å². The Labute approximate surface area is 81.7 Å². The van der Waals surface area contributed by atoms with Gasteiger partial charge in [-0.25, -0.2) is 15.0 Å². The molecule has 0 fully saturated rings. The molecule has 0 radical (unpaired) electrons. The average molecular weight is 216 g/mol. The van der Waals surface area contributed by atoms with E-state index in [4.69, 9.17) is 18.2 Å². The molecule has 13 heavy (non-hydrogen) atoms.